The molecule has 2 atom stereocenters. The quantitative estimate of drug-likeness (QED) is 0.674. The highest BCUT2D eigenvalue weighted by Gasteiger charge is 2.26. The number of sulfonamides is 1. The summed E-state index contributed by atoms with van der Waals surface area (Å²) in [7, 11) is -3.10. The van der Waals surface area contributed by atoms with Crippen LogP contribution in [-0.4, -0.2) is 50.6 Å². The minimum absolute atomic E-state index is 0.250. The summed E-state index contributed by atoms with van der Waals surface area (Å²) in [6, 6.07) is -0.372. The van der Waals surface area contributed by atoms with Gasteiger partial charge in [-0.1, -0.05) is 0 Å². The van der Waals surface area contributed by atoms with E-state index in [2.05, 4.69) is 5.32 Å². The summed E-state index contributed by atoms with van der Waals surface area (Å²) in [5.41, 5.74) is 5.14. The summed E-state index contributed by atoms with van der Waals surface area (Å²) in [4.78, 5) is 10.8. The van der Waals surface area contributed by atoms with Gasteiger partial charge in [-0.25, -0.2) is 12.7 Å². The number of nitrogens with two attached hydrogens (primary N) is 1. The number of rotatable bonds is 5. The van der Waals surface area contributed by atoms with E-state index in [9.17, 15) is 13.2 Å². The molecule has 3 N–H and O–H groups in total. The molecule has 0 aromatic rings. The zero-order valence-electron chi connectivity index (χ0n) is 10.3. The average Bonchev–Trinajstić information content (AvgIpc) is 2.25. The fourth-order valence-corrected chi connectivity index (χ4v) is 2.88. The third kappa shape index (κ3) is 4.61. The van der Waals surface area contributed by atoms with Crippen molar-refractivity contribution in [3.8, 4) is 0 Å². The minimum Gasteiger partial charge on any atom is -0.368 e. The molecule has 0 radical (unpaired) electrons. The molecule has 1 amide bonds. The topological polar surface area (TPSA) is 92.5 Å². The van der Waals surface area contributed by atoms with E-state index < -0.39 is 10.0 Å². The van der Waals surface area contributed by atoms with E-state index >= 15 is 0 Å². The van der Waals surface area contributed by atoms with Crippen molar-refractivity contribution >= 4 is 15.9 Å². The first kappa shape index (κ1) is 14.4. The van der Waals surface area contributed by atoms with Crippen LogP contribution in [0.25, 0.3) is 0 Å². The van der Waals surface area contributed by atoms with Crippen molar-refractivity contribution in [1.29, 1.82) is 0 Å². The Morgan fingerprint density at radius 3 is 2.76 bits per heavy atom. The molecular formula is C10H21N3O3S. The summed E-state index contributed by atoms with van der Waals surface area (Å²) in [6.07, 6.45) is 3.07. The summed E-state index contributed by atoms with van der Waals surface area (Å²) >= 11 is 0. The zero-order valence-corrected chi connectivity index (χ0v) is 11.2. The molecule has 0 spiro atoms. The highest BCUT2D eigenvalue weighted by atomic mass is 32.2. The first-order valence-electron chi connectivity index (χ1n) is 5.78. The van der Waals surface area contributed by atoms with E-state index in [0.717, 1.165) is 12.8 Å². The smallest absolute Gasteiger partial charge is 0.234 e. The number of piperidine rings is 1. The van der Waals surface area contributed by atoms with E-state index in [1.165, 1.54) is 10.6 Å². The number of nitrogens with one attached hydrogen (secondary N) is 1. The Labute approximate surface area is 103 Å². The van der Waals surface area contributed by atoms with Crippen LogP contribution in [0.15, 0.2) is 0 Å². The lowest BCUT2D eigenvalue weighted by Crippen LogP contribution is -2.46. The number of hydrogen-bond acceptors (Lipinski definition) is 4. The number of carbonyl (C=O) groups is 1. The lowest BCUT2D eigenvalue weighted by atomic mass is 9.99. The first-order chi connectivity index (χ1) is 7.80. The number of nitrogens with zero attached hydrogens (tertiary/aromatic N) is 1. The van der Waals surface area contributed by atoms with Crippen LogP contribution in [0, 0.1) is 5.92 Å². The normalized spacial score (nSPS) is 24.5. The molecule has 1 saturated heterocycles. The average molecular weight is 263 g/mol. The molecular weight excluding hydrogens is 242 g/mol. The van der Waals surface area contributed by atoms with Crippen LogP contribution in [0.2, 0.25) is 0 Å². The predicted octanol–water partition coefficient (Wildman–Crippen LogP) is -0.879. The van der Waals surface area contributed by atoms with Gasteiger partial charge in [0.05, 0.1) is 12.3 Å². The van der Waals surface area contributed by atoms with Crippen LogP contribution in [0.1, 0.15) is 19.8 Å². The van der Waals surface area contributed by atoms with Gasteiger partial charge in [-0.15, -0.1) is 0 Å². The third-order valence-electron chi connectivity index (χ3n) is 3.09. The van der Waals surface area contributed by atoms with Crippen LogP contribution >= 0.6 is 0 Å². The van der Waals surface area contributed by atoms with Crippen molar-refractivity contribution in [3.05, 3.63) is 0 Å². The largest absolute Gasteiger partial charge is 0.368 e. The second-order valence-corrected chi connectivity index (χ2v) is 6.64. The Kier molecular flexibility index (Phi) is 4.91. The van der Waals surface area contributed by atoms with Crippen LogP contribution in [-0.2, 0) is 14.8 Å². The van der Waals surface area contributed by atoms with Crippen molar-refractivity contribution in [3.63, 3.8) is 0 Å². The fourth-order valence-electron chi connectivity index (χ4n) is 1.94. The van der Waals surface area contributed by atoms with Crippen LogP contribution < -0.4 is 11.1 Å². The van der Waals surface area contributed by atoms with Crippen LogP contribution in [0.4, 0.5) is 0 Å². The van der Waals surface area contributed by atoms with E-state index in [1.54, 1.807) is 6.92 Å². The van der Waals surface area contributed by atoms with E-state index in [0.29, 0.717) is 19.6 Å². The van der Waals surface area contributed by atoms with Crippen LogP contribution in [0.3, 0.4) is 0 Å². The van der Waals surface area contributed by atoms with Gasteiger partial charge in [0.15, 0.2) is 0 Å². The molecule has 1 aliphatic heterocycles. The fraction of sp³-hybridized carbons (Fsp3) is 0.900. The number of primary amides is 1. The second kappa shape index (κ2) is 5.79. The van der Waals surface area contributed by atoms with Gasteiger partial charge in [0.25, 0.3) is 0 Å². The van der Waals surface area contributed by atoms with Crippen molar-refractivity contribution < 1.29 is 13.2 Å². The molecule has 7 heteroatoms. The number of amides is 1. The van der Waals surface area contributed by atoms with Gasteiger partial charge in [-0.3, -0.25) is 4.79 Å². The van der Waals surface area contributed by atoms with E-state index in [4.69, 9.17) is 5.73 Å². The Bertz CT molecular complexity index is 369. The minimum atomic E-state index is -3.10. The maximum Gasteiger partial charge on any atom is 0.234 e. The Hall–Kier alpha value is -0.660. The van der Waals surface area contributed by atoms with Gasteiger partial charge in [-0.2, -0.15) is 0 Å². The molecule has 0 aliphatic carbocycles. The third-order valence-corrected chi connectivity index (χ3v) is 4.36. The lowest BCUT2D eigenvalue weighted by Gasteiger charge is -2.31. The Morgan fingerprint density at radius 2 is 2.24 bits per heavy atom. The maximum absolute atomic E-state index is 11.4. The molecule has 17 heavy (non-hydrogen) atoms. The molecule has 2 unspecified atom stereocenters. The molecule has 0 bridgehead atoms. The van der Waals surface area contributed by atoms with Crippen molar-refractivity contribution in [2.24, 2.45) is 11.7 Å². The highest BCUT2D eigenvalue weighted by Crippen LogP contribution is 2.17. The summed E-state index contributed by atoms with van der Waals surface area (Å²) in [5.74, 6) is -0.138. The zero-order chi connectivity index (χ0) is 13.1. The maximum atomic E-state index is 11.4. The van der Waals surface area contributed by atoms with Crippen LogP contribution in [0.5, 0.6) is 0 Å². The van der Waals surface area contributed by atoms with E-state index in [1.807, 2.05) is 0 Å². The number of carbonyl (C=O) groups excluding carboxylic acids is 1. The van der Waals surface area contributed by atoms with Gasteiger partial charge in [0.1, 0.15) is 0 Å². The molecule has 100 valence electrons. The molecule has 1 aliphatic rings. The van der Waals surface area contributed by atoms with Gasteiger partial charge in [0, 0.05) is 13.1 Å². The standard InChI is InChI=1S/C10H21N3O3S/c1-8(10(11)14)12-6-9-4-3-5-13(7-9)17(2,15)16/h8-9,12H,3-7H2,1-2H3,(H2,11,14). The van der Waals surface area contributed by atoms with E-state index in [-0.39, 0.29) is 17.9 Å². The van der Waals surface area contributed by atoms with Gasteiger partial charge in [0.2, 0.25) is 15.9 Å². The molecule has 6 nitrogen and oxygen atoms in total. The lowest BCUT2D eigenvalue weighted by molar-refractivity contribution is -0.119. The first-order valence-corrected chi connectivity index (χ1v) is 7.63. The Balaban J connectivity index is 2.43. The molecule has 1 fully saturated rings. The molecule has 1 rings (SSSR count). The van der Waals surface area contributed by atoms with Gasteiger partial charge >= 0.3 is 0 Å². The molecule has 1 heterocycles. The second-order valence-electron chi connectivity index (χ2n) is 4.66. The van der Waals surface area contributed by atoms with Gasteiger partial charge in [-0.05, 0) is 32.2 Å². The SMILES string of the molecule is CC(NCC1CCCN(S(C)(=O)=O)C1)C(N)=O. The number of hydrogen-bond donors (Lipinski definition) is 2. The van der Waals surface area contributed by atoms with Crippen molar-refractivity contribution in [1.82, 2.24) is 9.62 Å². The monoisotopic (exact) mass is 263 g/mol. The van der Waals surface area contributed by atoms with Gasteiger partial charge < -0.3 is 11.1 Å². The highest BCUT2D eigenvalue weighted by molar-refractivity contribution is 7.88. The van der Waals surface area contributed by atoms with Crippen molar-refractivity contribution in [2.75, 3.05) is 25.9 Å². The molecule has 0 saturated carbocycles. The Morgan fingerprint density at radius 1 is 1.59 bits per heavy atom. The summed E-state index contributed by atoms with van der Waals surface area (Å²) in [6.45, 7) is 3.45. The molecule has 0 aromatic heterocycles. The summed E-state index contributed by atoms with van der Waals surface area (Å²) in [5, 5.41) is 3.03. The molecule has 0 aromatic carbocycles. The summed E-state index contributed by atoms with van der Waals surface area (Å²) < 4.78 is 24.3. The van der Waals surface area contributed by atoms with Crippen molar-refractivity contribution in [2.45, 2.75) is 25.8 Å². The predicted molar refractivity (Wildman–Crippen MR) is 65.8 cm³/mol.